The summed E-state index contributed by atoms with van der Waals surface area (Å²) in [4.78, 5) is 10.1. The first-order chi connectivity index (χ1) is 10.1. The molecule has 0 saturated heterocycles. The molecule has 106 valence electrons. The second kappa shape index (κ2) is 6.73. The Balaban J connectivity index is 2.06. The van der Waals surface area contributed by atoms with Gasteiger partial charge in [0.2, 0.25) is 5.75 Å². The molecule has 2 aromatic carbocycles. The van der Waals surface area contributed by atoms with Gasteiger partial charge in [0.25, 0.3) is 0 Å². The summed E-state index contributed by atoms with van der Waals surface area (Å²) in [5, 5.41) is 11.4. The van der Waals surface area contributed by atoms with Gasteiger partial charge >= 0.3 is 5.69 Å². The van der Waals surface area contributed by atoms with Crippen LogP contribution in [0, 0.1) is 27.8 Å². The van der Waals surface area contributed by atoms with Crippen LogP contribution in [0.15, 0.2) is 42.5 Å². The molecule has 0 spiro atoms. The molecule has 0 aliphatic carbocycles. The maximum atomic E-state index is 13.1. The first-order valence-electron chi connectivity index (χ1n) is 5.87. The summed E-state index contributed by atoms with van der Waals surface area (Å²) in [6.45, 7) is -0.0904. The normalized spacial score (nSPS) is 9.62. The van der Waals surface area contributed by atoms with E-state index in [1.165, 1.54) is 0 Å². The molecule has 21 heavy (non-hydrogen) atoms. The molecule has 0 atom stereocenters. The van der Waals surface area contributed by atoms with Crippen LogP contribution in [0.3, 0.4) is 0 Å². The molecule has 0 fully saturated rings. The van der Waals surface area contributed by atoms with Crippen molar-refractivity contribution in [2.75, 3.05) is 6.61 Å². The zero-order valence-corrected chi connectivity index (χ0v) is 11.4. The third kappa shape index (κ3) is 4.20. The van der Waals surface area contributed by atoms with Crippen LogP contribution in [0.25, 0.3) is 0 Å². The lowest BCUT2D eigenvalue weighted by molar-refractivity contribution is -0.385. The molecule has 0 aliphatic rings. The average molecular weight is 306 g/mol. The Morgan fingerprint density at radius 1 is 1.24 bits per heavy atom. The minimum Gasteiger partial charge on any atom is -0.474 e. The zero-order valence-electron chi connectivity index (χ0n) is 10.7. The number of nitro benzene ring substituents is 1. The molecule has 0 radical (unpaired) electrons. The van der Waals surface area contributed by atoms with Gasteiger partial charge in [-0.05, 0) is 30.3 Å². The van der Waals surface area contributed by atoms with Crippen molar-refractivity contribution >= 4 is 17.3 Å². The van der Waals surface area contributed by atoms with Crippen LogP contribution in [0.5, 0.6) is 5.75 Å². The van der Waals surface area contributed by atoms with Crippen molar-refractivity contribution in [1.29, 1.82) is 0 Å². The van der Waals surface area contributed by atoms with E-state index in [1.807, 2.05) is 0 Å². The fraction of sp³-hybridized carbons (Fsp3) is 0.0667. The SMILES string of the molecule is O=[N+]([O-])c1ccc(F)cc1OCC#Cc1ccc(Cl)cc1. The lowest BCUT2D eigenvalue weighted by Crippen LogP contribution is -1.99. The van der Waals surface area contributed by atoms with Crippen molar-refractivity contribution in [2.45, 2.75) is 0 Å². The first kappa shape index (κ1) is 14.8. The summed E-state index contributed by atoms with van der Waals surface area (Å²) in [6.07, 6.45) is 0. The Kier molecular flexibility index (Phi) is 4.75. The standard InChI is InChI=1S/C15H9ClFNO3/c16-12-5-3-11(4-6-12)2-1-9-21-15-10-13(17)7-8-14(15)18(19)20/h3-8,10H,9H2. The summed E-state index contributed by atoms with van der Waals surface area (Å²) in [5.74, 6) is 4.75. The van der Waals surface area contributed by atoms with Crippen molar-refractivity contribution in [2.24, 2.45) is 0 Å². The van der Waals surface area contributed by atoms with Crippen LogP contribution in [0.1, 0.15) is 5.56 Å². The van der Waals surface area contributed by atoms with Gasteiger partial charge in [0.1, 0.15) is 12.4 Å². The number of rotatable bonds is 3. The highest BCUT2D eigenvalue weighted by atomic mass is 35.5. The highest BCUT2D eigenvalue weighted by molar-refractivity contribution is 6.30. The molecule has 0 aliphatic heterocycles. The van der Waals surface area contributed by atoms with Gasteiger partial charge in [-0.15, -0.1) is 0 Å². The summed E-state index contributed by atoms with van der Waals surface area (Å²) >= 11 is 5.74. The molecule has 2 aromatic rings. The van der Waals surface area contributed by atoms with E-state index in [4.69, 9.17) is 16.3 Å². The minimum atomic E-state index is -0.638. The quantitative estimate of drug-likeness (QED) is 0.492. The number of nitro groups is 1. The van der Waals surface area contributed by atoms with Gasteiger partial charge < -0.3 is 4.74 Å². The van der Waals surface area contributed by atoms with Gasteiger partial charge in [0, 0.05) is 22.7 Å². The first-order valence-corrected chi connectivity index (χ1v) is 6.25. The molecular formula is C15H9ClFNO3. The third-order valence-electron chi connectivity index (χ3n) is 2.50. The molecule has 0 N–H and O–H groups in total. The number of nitrogens with zero attached hydrogens (tertiary/aromatic N) is 1. The van der Waals surface area contributed by atoms with E-state index >= 15 is 0 Å². The lowest BCUT2D eigenvalue weighted by atomic mass is 10.2. The number of ether oxygens (including phenoxy) is 1. The van der Waals surface area contributed by atoms with Gasteiger partial charge in [-0.3, -0.25) is 10.1 Å². The minimum absolute atomic E-state index is 0.0904. The molecular weight excluding hydrogens is 297 g/mol. The van der Waals surface area contributed by atoms with Crippen LogP contribution < -0.4 is 4.74 Å². The molecule has 0 aromatic heterocycles. The van der Waals surface area contributed by atoms with Gasteiger partial charge in [0.15, 0.2) is 0 Å². The van der Waals surface area contributed by atoms with Gasteiger partial charge in [-0.25, -0.2) is 4.39 Å². The molecule has 2 rings (SSSR count). The van der Waals surface area contributed by atoms with Crippen molar-refractivity contribution < 1.29 is 14.1 Å². The van der Waals surface area contributed by atoms with Crippen LogP contribution in [-0.2, 0) is 0 Å². The topological polar surface area (TPSA) is 52.4 Å². The van der Waals surface area contributed by atoms with Crippen LogP contribution in [0.2, 0.25) is 5.02 Å². The van der Waals surface area contributed by atoms with Gasteiger partial charge in [-0.2, -0.15) is 0 Å². The summed E-state index contributed by atoms with van der Waals surface area (Å²) < 4.78 is 18.2. The van der Waals surface area contributed by atoms with Crippen molar-refractivity contribution in [3.8, 4) is 17.6 Å². The summed E-state index contributed by atoms with van der Waals surface area (Å²) in [5.41, 5.74) is 0.432. The lowest BCUT2D eigenvalue weighted by Gasteiger charge is -2.02. The van der Waals surface area contributed by atoms with E-state index < -0.39 is 10.7 Å². The van der Waals surface area contributed by atoms with Gasteiger partial charge in [-0.1, -0.05) is 23.4 Å². The molecule has 0 heterocycles. The molecule has 0 amide bonds. The van der Waals surface area contributed by atoms with E-state index in [0.717, 1.165) is 23.8 Å². The monoisotopic (exact) mass is 305 g/mol. The van der Waals surface area contributed by atoms with E-state index in [0.29, 0.717) is 5.02 Å². The maximum Gasteiger partial charge on any atom is 0.311 e. The summed E-state index contributed by atoms with van der Waals surface area (Å²) in [6, 6.07) is 9.89. The molecule has 0 saturated carbocycles. The second-order valence-corrected chi connectivity index (χ2v) is 4.40. The largest absolute Gasteiger partial charge is 0.474 e. The number of hydrogen-bond donors (Lipinski definition) is 0. The number of halogens is 2. The number of benzene rings is 2. The van der Waals surface area contributed by atoms with E-state index in [9.17, 15) is 14.5 Å². The Morgan fingerprint density at radius 2 is 1.95 bits per heavy atom. The molecule has 4 nitrogen and oxygen atoms in total. The molecule has 0 bridgehead atoms. The highest BCUT2D eigenvalue weighted by Crippen LogP contribution is 2.27. The number of hydrogen-bond acceptors (Lipinski definition) is 3. The predicted octanol–water partition coefficient (Wildman–Crippen LogP) is 3.82. The predicted molar refractivity (Wildman–Crippen MR) is 76.9 cm³/mol. The van der Waals surface area contributed by atoms with Crippen LogP contribution in [0.4, 0.5) is 10.1 Å². The van der Waals surface area contributed by atoms with Crippen LogP contribution in [-0.4, -0.2) is 11.5 Å². The Bertz CT molecular complexity index is 720. The fourth-order valence-electron chi connectivity index (χ4n) is 1.54. The third-order valence-corrected chi connectivity index (χ3v) is 2.75. The Morgan fingerprint density at radius 3 is 2.62 bits per heavy atom. The fourth-order valence-corrected chi connectivity index (χ4v) is 1.67. The van der Waals surface area contributed by atoms with Crippen molar-refractivity contribution in [3.63, 3.8) is 0 Å². The Labute approximate surface area is 125 Å². The average Bonchev–Trinajstić information content (AvgIpc) is 2.45. The highest BCUT2D eigenvalue weighted by Gasteiger charge is 2.15. The van der Waals surface area contributed by atoms with Crippen molar-refractivity contribution in [3.05, 3.63) is 69.0 Å². The maximum absolute atomic E-state index is 13.1. The zero-order chi connectivity index (χ0) is 15.2. The smallest absolute Gasteiger partial charge is 0.311 e. The second-order valence-electron chi connectivity index (χ2n) is 3.97. The van der Waals surface area contributed by atoms with Gasteiger partial charge in [0.05, 0.1) is 4.92 Å². The van der Waals surface area contributed by atoms with Crippen LogP contribution >= 0.6 is 11.6 Å². The van der Waals surface area contributed by atoms with E-state index in [1.54, 1.807) is 24.3 Å². The molecule has 0 unspecified atom stereocenters. The van der Waals surface area contributed by atoms with E-state index in [-0.39, 0.29) is 18.0 Å². The molecule has 6 heteroatoms. The van der Waals surface area contributed by atoms with Crippen molar-refractivity contribution in [1.82, 2.24) is 0 Å². The summed E-state index contributed by atoms with van der Waals surface area (Å²) in [7, 11) is 0. The van der Waals surface area contributed by atoms with E-state index in [2.05, 4.69) is 11.8 Å². The Hall–Kier alpha value is -2.58.